The maximum Gasteiger partial charge on any atom is 0.251 e. The van der Waals surface area contributed by atoms with Gasteiger partial charge < -0.3 is 15.2 Å². The molecule has 0 aromatic heterocycles. The third-order valence-electron chi connectivity index (χ3n) is 2.17. The first-order valence-electron chi connectivity index (χ1n) is 5.57. The molecule has 1 aromatic carbocycles. The predicted octanol–water partition coefficient (Wildman–Crippen LogP) is 1.09. The maximum atomic E-state index is 12.9. The number of benzene rings is 1. The van der Waals surface area contributed by atoms with Crippen LogP contribution in [0.25, 0.3) is 0 Å². The number of nitrogens with one attached hydrogen (secondary N) is 1. The molecule has 0 aliphatic carbocycles. The van der Waals surface area contributed by atoms with Crippen molar-refractivity contribution in [1.29, 1.82) is 0 Å². The molecule has 18 heavy (non-hydrogen) atoms. The van der Waals surface area contributed by atoms with Crippen LogP contribution in [0.4, 0.5) is 8.78 Å². The van der Waals surface area contributed by atoms with Crippen molar-refractivity contribution in [3.63, 3.8) is 0 Å². The number of hydrogen-bond donors (Lipinski definition) is 2. The Balaban J connectivity index is 2.30. The molecule has 0 saturated heterocycles. The van der Waals surface area contributed by atoms with Crippen molar-refractivity contribution in [2.24, 2.45) is 0 Å². The molecular weight excluding hydrogens is 244 g/mol. The summed E-state index contributed by atoms with van der Waals surface area (Å²) in [7, 11) is 0. The van der Waals surface area contributed by atoms with Crippen LogP contribution in [0.3, 0.4) is 0 Å². The van der Waals surface area contributed by atoms with Crippen LogP contribution >= 0.6 is 0 Å². The minimum atomic E-state index is -1.05. The quantitative estimate of drug-likeness (QED) is 0.721. The number of ether oxygens (including phenoxy) is 1. The van der Waals surface area contributed by atoms with Crippen LogP contribution in [-0.2, 0) is 4.74 Å². The SMILES string of the molecule is O=C(NCCCOCCO)c1ccc(F)c(F)c1. The molecule has 0 unspecified atom stereocenters. The Morgan fingerprint density at radius 1 is 1.28 bits per heavy atom. The molecule has 0 saturated carbocycles. The van der Waals surface area contributed by atoms with E-state index in [1.165, 1.54) is 6.07 Å². The molecule has 0 spiro atoms. The summed E-state index contributed by atoms with van der Waals surface area (Å²) in [6.07, 6.45) is 0.579. The van der Waals surface area contributed by atoms with E-state index in [9.17, 15) is 13.6 Å². The number of carbonyl (C=O) groups is 1. The van der Waals surface area contributed by atoms with E-state index in [-0.39, 0.29) is 18.8 Å². The lowest BCUT2D eigenvalue weighted by atomic mass is 10.2. The summed E-state index contributed by atoms with van der Waals surface area (Å²) in [5, 5.41) is 11.0. The van der Waals surface area contributed by atoms with E-state index < -0.39 is 17.5 Å². The zero-order valence-electron chi connectivity index (χ0n) is 9.79. The third kappa shape index (κ3) is 4.77. The summed E-state index contributed by atoms with van der Waals surface area (Å²) in [5.41, 5.74) is 0.0742. The van der Waals surface area contributed by atoms with Crippen molar-refractivity contribution >= 4 is 5.91 Å². The number of halogens is 2. The van der Waals surface area contributed by atoms with Crippen LogP contribution < -0.4 is 5.32 Å². The van der Waals surface area contributed by atoms with Gasteiger partial charge in [-0.3, -0.25) is 4.79 Å². The van der Waals surface area contributed by atoms with E-state index in [4.69, 9.17) is 9.84 Å². The molecule has 6 heteroatoms. The number of amides is 1. The molecule has 0 heterocycles. The molecular formula is C12H15F2NO3. The fraction of sp³-hybridized carbons (Fsp3) is 0.417. The molecule has 0 bridgehead atoms. The van der Waals surface area contributed by atoms with Gasteiger partial charge in [0.05, 0.1) is 13.2 Å². The monoisotopic (exact) mass is 259 g/mol. The Labute approximate surface area is 104 Å². The van der Waals surface area contributed by atoms with Crippen LogP contribution in [-0.4, -0.2) is 37.4 Å². The van der Waals surface area contributed by atoms with E-state index in [1.54, 1.807) is 0 Å². The highest BCUT2D eigenvalue weighted by atomic mass is 19.2. The van der Waals surface area contributed by atoms with Gasteiger partial charge in [-0.1, -0.05) is 0 Å². The van der Waals surface area contributed by atoms with Gasteiger partial charge in [0.2, 0.25) is 0 Å². The number of aliphatic hydroxyl groups excluding tert-OH is 1. The van der Waals surface area contributed by atoms with Crippen LogP contribution in [0.15, 0.2) is 18.2 Å². The first kappa shape index (κ1) is 14.5. The van der Waals surface area contributed by atoms with Gasteiger partial charge in [0.1, 0.15) is 0 Å². The van der Waals surface area contributed by atoms with Crippen molar-refractivity contribution in [2.75, 3.05) is 26.4 Å². The molecule has 1 aromatic rings. The van der Waals surface area contributed by atoms with Gasteiger partial charge in [-0.2, -0.15) is 0 Å². The second-order valence-electron chi connectivity index (χ2n) is 3.57. The molecule has 1 rings (SSSR count). The normalized spacial score (nSPS) is 10.4. The standard InChI is InChI=1S/C12H15F2NO3/c13-10-3-2-9(8-11(10)14)12(17)15-4-1-6-18-7-5-16/h2-3,8,16H,1,4-7H2,(H,15,17). The van der Waals surface area contributed by atoms with Crippen molar-refractivity contribution < 1.29 is 23.4 Å². The fourth-order valence-corrected chi connectivity index (χ4v) is 1.28. The molecule has 0 radical (unpaired) electrons. The fourth-order valence-electron chi connectivity index (χ4n) is 1.28. The first-order chi connectivity index (χ1) is 8.65. The van der Waals surface area contributed by atoms with Crippen LogP contribution in [0.5, 0.6) is 0 Å². The number of hydrogen-bond acceptors (Lipinski definition) is 3. The van der Waals surface area contributed by atoms with E-state index in [0.29, 0.717) is 19.6 Å². The van der Waals surface area contributed by atoms with Gasteiger partial charge in [-0.05, 0) is 24.6 Å². The Morgan fingerprint density at radius 2 is 2.06 bits per heavy atom. The second-order valence-corrected chi connectivity index (χ2v) is 3.57. The van der Waals surface area contributed by atoms with Crippen LogP contribution in [0, 0.1) is 11.6 Å². The lowest BCUT2D eigenvalue weighted by Gasteiger charge is -2.06. The Kier molecular flexibility index (Phi) is 6.24. The van der Waals surface area contributed by atoms with Gasteiger partial charge in [-0.25, -0.2) is 8.78 Å². The topological polar surface area (TPSA) is 58.6 Å². The minimum Gasteiger partial charge on any atom is -0.394 e. The van der Waals surface area contributed by atoms with E-state index in [1.807, 2.05) is 0 Å². The molecule has 0 aliphatic heterocycles. The zero-order valence-corrected chi connectivity index (χ0v) is 9.79. The zero-order chi connectivity index (χ0) is 13.4. The maximum absolute atomic E-state index is 12.9. The lowest BCUT2D eigenvalue weighted by molar-refractivity contribution is 0.0867. The number of aliphatic hydroxyl groups is 1. The number of rotatable bonds is 7. The van der Waals surface area contributed by atoms with Gasteiger partial charge in [0.25, 0.3) is 5.91 Å². The van der Waals surface area contributed by atoms with Gasteiger partial charge in [0, 0.05) is 18.7 Å². The van der Waals surface area contributed by atoms with Crippen molar-refractivity contribution in [3.8, 4) is 0 Å². The number of carbonyl (C=O) groups excluding carboxylic acids is 1. The lowest BCUT2D eigenvalue weighted by Crippen LogP contribution is -2.25. The smallest absolute Gasteiger partial charge is 0.251 e. The highest BCUT2D eigenvalue weighted by molar-refractivity contribution is 5.94. The summed E-state index contributed by atoms with van der Waals surface area (Å²) in [6.45, 7) is 1.00. The summed E-state index contributed by atoms with van der Waals surface area (Å²) in [4.78, 5) is 11.5. The summed E-state index contributed by atoms with van der Waals surface area (Å²) >= 11 is 0. The van der Waals surface area contributed by atoms with Crippen LogP contribution in [0.1, 0.15) is 16.8 Å². The highest BCUT2D eigenvalue weighted by Gasteiger charge is 2.08. The van der Waals surface area contributed by atoms with Crippen molar-refractivity contribution in [3.05, 3.63) is 35.4 Å². The molecule has 0 aliphatic rings. The predicted molar refractivity (Wildman–Crippen MR) is 61.2 cm³/mol. The van der Waals surface area contributed by atoms with Crippen molar-refractivity contribution in [2.45, 2.75) is 6.42 Å². The van der Waals surface area contributed by atoms with Gasteiger partial charge >= 0.3 is 0 Å². The second kappa shape index (κ2) is 7.73. The first-order valence-corrected chi connectivity index (χ1v) is 5.57. The molecule has 0 atom stereocenters. The summed E-state index contributed by atoms with van der Waals surface area (Å²) in [6, 6.07) is 2.98. The Bertz CT molecular complexity index is 399. The Hall–Kier alpha value is -1.53. The average Bonchev–Trinajstić information content (AvgIpc) is 2.36. The van der Waals surface area contributed by atoms with E-state index in [2.05, 4.69) is 5.32 Å². The summed E-state index contributed by atoms with van der Waals surface area (Å²) < 4.78 is 30.5. The van der Waals surface area contributed by atoms with Gasteiger partial charge in [-0.15, -0.1) is 0 Å². The highest BCUT2D eigenvalue weighted by Crippen LogP contribution is 2.08. The minimum absolute atomic E-state index is 0.0405. The molecule has 2 N–H and O–H groups in total. The average molecular weight is 259 g/mol. The van der Waals surface area contributed by atoms with Crippen LogP contribution in [0.2, 0.25) is 0 Å². The third-order valence-corrected chi connectivity index (χ3v) is 2.17. The van der Waals surface area contributed by atoms with Crippen molar-refractivity contribution in [1.82, 2.24) is 5.32 Å². The largest absolute Gasteiger partial charge is 0.394 e. The molecule has 4 nitrogen and oxygen atoms in total. The van der Waals surface area contributed by atoms with Gasteiger partial charge in [0.15, 0.2) is 11.6 Å². The molecule has 1 amide bonds. The van der Waals surface area contributed by atoms with E-state index in [0.717, 1.165) is 12.1 Å². The molecule has 0 fully saturated rings. The molecule has 100 valence electrons. The summed E-state index contributed by atoms with van der Waals surface area (Å²) in [5.74, 6) is -2.49. The Morgan fingerprint density at radius 3 is 2.72 bits per heavy atom. The van der Waals surface area contributed by atoms with E-state index >= 15 is 0 Å².